The van der Waals surface area contributed by atoms with Gasteiger partial charge in [0.1, 0.15) is 0 Å². The van der Waals surface area contributed by atoms with Gasteiger partial charge in [0.2, 0.25) is 5.91 Å². The van der Waals surface area contributed by atoms with Crippen molar-refractivity contribution in [2.45, 2.75) is 19.8 Å². The molecule has 1 amide bonds. The van der Waals surface area contributed by atoms with Crippen molar-refractivity contribution in [2.24, 2.45) is 0 Å². The highest BCUT2D eigenvalue weighted by Gasteiger charge is 2.05. The number of anilines is 2. The van der Waals surface area contributed by atoms with E-state index in [0.717, 1.165) is 38.3 Å². The van der Waals surface area contributed by atoms with Gasteiger partial charge in [-0.05, 0) is 43.8 Å². The molecule has 0 aliphatic carbocycles. The van der Waals surface area contributed by atoms with E-state index in [-0.39, 0.29) is 5.91 Å². The van der Waals surface area contributed by atoms with E-state index in [0.29, 0.717) is 12.1 Å². The van der Waals surface area contributed by atoms with Gasteiger partial charge in [-0.3, -0.25) is 4.79 Å². The maximum absolute atomic E-state index is 11.8. The van der Waals surface area contributed by atoms with Gasteiger partial charge in [-0.25, -0.2) is 0 Å². The normalized spacial score (nSPS) is 10.8. The number of hydrogen-bond donors (Lipinski definition) is 2. The highest BCUT2D eigenvalue weighted by molar-refractivity contribution is 5.90. The Bertz CT molecular complexity index is 393. The molecule has 3 N–H and O–H groups in total. The molecule has 0 aliphatic heterocycles. The first-order chi connectivity index (χ1) is 9.65. The Labute approximate surface area is 121 Å². The van der Waals surface area contributed by atoms with Gasteiger partial charge < -0.3 is 20.7 Å². The first-order valence-electron chi connectivity index (χ1n) is 7.02. The molecule has 0 unspecified atom stereocenters. The molecule has 0 spiro atoms. The van der Waals surface area contributed by atoms with E-state index in [2.05, 4.69) is 17.1 Å². The van der Waals surface area contributed by atoms with Crippen LogP contribution in [0.1, 0.15) is 19.8 Å². The fourth-order valence-corrected chi connectivity index (χ4v) is 1.90. The maximum atomic E-state index is 11.8. The Morgan fingerprint density at radius 1 is 1.30 bits per heavy atom. The van der Waals surface area contributed by atoms with Crippen molar-refractivity contribution in [3.63, 3.8) is 0 Å². The molecule has 5 heteroatoms. The number of rotatable bonds is 9. The smallest absolute Gasteiger partial charge is 0.224 e. The lowest BCUT2D eigenvalue weighted by Gasteiger charge is -2.19. The molecule has 0 heterocycles. The van der Waals surface area contributed by atoms with E-state index in [4.69, 9.17) is 10.5 Å². The van der Waals surface area contributed by atoms with Gasteiger partial charge in [-0.15, -0.1) is 0 Å². The Morgan fingerprint density at radius 3 is 2.60 bits per heavy atom. The molecule has 1 rings (SSSR count). The molecule has 0 aliphatic rings. The summed E-state index contributed by atoms with van der Waals surface area (Å²) in [5.74, 6) is 0.0394. The summed E-state index contributed by atoms with van der Waals surface area (Å²) in [6.07, 6.45) is 1.37. The summed E-state index contributed by atoms with van der Waals surface area (Å²) in [6, 6.07) is 7.17. The summed E-state index contributed by atoms with van der Waals surface area (Å²) in [5.41, 5.74) is 7.08. The second-order valence-electron chi connectivity index (χ2n) is 4.70. The molecule has 20 heavy (non-hydrogen) atoms. The minimum Gasteiger partial charge on any atom is -0.399 e. The average molecular weight is 279 g/mol. The molecule has 1 aromatic rings. The summed E-state index contributed by atoms with van der Waals surface area (Å²) in [6.45, 7) is 5.64. The predicted molar refractivity (Wildman–Crippen MR) is 82.7 cm³/mol. The van der Waals surface area contributed by atoms with E-state index in [1.165, 1.54) is 0 Å². The quantitative estimate of drug-likeness (QED) is 0.678. The number of ether oxygens (including phenoxy) is 1. The molecule has 0 fully saturated rings. The third kappa shape index (κ3) is 6.54. The zero-order chi connectivity index (χ0) is 14.8. The van der Waals surface area contributed by atoms with Crippen LogP contribution in [-0.2, 0) is 9.53 Å². The first-order valence-corrected chi connectivity index (χ1v) is 7.02. The average Bonchev–Trinajstić information content (AvgIpc) is 2.45. The van der Waals surface area contributed by atoms with Crippen LogP contribution in [0.3, 0.4) is 0 Å². The third-order valence-electron chi connectivity index (χ3n) is 3.13. The van der Waals surface area contributed by atoms with Crippen molar-refractivity contribution < 1.29 is 9.53 Å². The molecule has 0 bridgehead atoms. The molecule has 1 aromatic carbocycles. The summed E-state index contributed by atoms with van der Waals surface area (Å²) in [5, 5.41) is 2.87. The number of amides is 1. The van der Waals surface area contributed by atoms with E-state index < -0.39 is 0 Å². The van der Waals surface area contributed by atoms with Gasteiger partial charge in [0.15, 0.2) is 0 Å². The largest absolute Gasteiger partial charge is 0.399 e. The zero-order valence-corrected chi connectivity index (χ0v) is 12.4. The van der Waals surface area contributed by atoms with Gasteiger partial charge in [0, 0.05) is 31.5 Å². The van der Waals surface area contributed by atoms with Gasteiger partial charge in [-0.1, -0.05) is 6.92 Å². The van der Waals surface area contributed by atoms with E-state index in [1.807, 2.05) is 12.1 Å². The molecule has 0 aromatic heterocycles. The molecular weight excluding hydrogens is 254 g/mol. The van der Waals surface area contributed by atoms with Crippen molar-refractivity contribution in [1.82, 2.24) is 4.90 Å². The Balaban J connectivity index is 2.23. The number of carbonyl (C=O) groups is 1. The highest BCUT2D eigenvalue weighted by Crippen LogP contribution is 2.11. The third-order valence-corrected chi connectivity index (χ3v) is 3.13. The van der Waals surface area contributed by atoms with Crippen molar-refractivity contribution in [3.8, 4) is 0 Å². The molecule has 5 nitrogen and oxygen atoms in total. The number of benzene rings is 1. The molecular formula is C15H25N3O2. The lowest BCUT2D eigenvalue weighted by atomic mass is 10.2. The predicted octanol–water partition coefficient (Wildman–Crippen LogP) is 1.96. The molecule has 0 radical (unpaired) electrons. The summed E-state index contributed by atoms with van der Waals surface area (Å²) in [4.78, 5) is 14.1. The van der Waals surface area contributed by atoms with Crippen LogP contribution in [0.4, 0.5) is 11.4 Å². The van der Waals surface area contributed by atoms with Gasteiger partial charge in [0.25, 0.3) is 0 Å². The van der Waals surface area contributed by atoms with Crippen LogP contribution in [0.15, 0.2) is 24.3 Å². The van der Waals surface area contributed by atoms with E-state index in [1.54, 1.807) is 19.2 Å². The van der Waals surface area contributed by atoms with Crippen molar-refractivity contribution in [1.29, 1.82) is 0 Å². The SMILES string of the molecule is CCN(CCCC(=O)Nc1ccc(N)cc1)CCOC. The molecule has 112 valence electrons. The summed E-state index contributed by atoms with van der Waals surface area (Å²) in [7, 11) is 1.70. The summed E-state index contributed by atoms with van der Waals surface area (Å²) < 4.78 is 5.06. The zero-order valence-electron chi connectivity index (χ0n) is 12.4. The van der Waals surface area contributed by atoms with Gasteiger partial charge >= 0.3 is 0 Å². The monoisotopic (exact) mass is 279 g/mol. The van der Waals surface area contributed by atoms with Gasteiger partial charge in [0.05, 0.1) is 6.61 Å². The minimum absolute atomic E-state index is 0.0394. The fourth-order valence-electron chi connectivity index (χ4n) is 1.90. The number of likely N-dealkylation sites (N-methyl/N-ethyl adjacent to an activating group) is 1. The standard InChI is InChI=1S/C15H25N3O2/c1-3-18(11-12-20-2)10-4-5-15(19)17-14-8-6-13(16)7-9-14/h6-9H,3-5,10-12,16H2,1-2H3,(H,17,19). The fraction of sp³-hybridized carbons (Fsp3) is 0.533. The van der Waals surface area contributed by atoms with Crippen LogP contribution < -0.4 is 11.1 Å². The van der Waals surface area contributed by atoms with Crippen LogP contribution in [0.2, 0.25) is 0 Å². The number of nitrogens with one attached hydrogen (secondary N) is 1. The number of nitrogens with two attached hydrogens (primary N) is 1. The first kappa shape index (κ1) is 16.5. The van der Waals surface area contributed by atoms with Crippen LogP contribution in [0, 0.1) is 0 Å². The van der Waals surface area contributed by atoms with Crippen LogP contribution in [0.25, 0.3) is 0 Å². The Hall–Kier alpha value is -1.59. The maximum Gasteiger partial charge on any atom is 0.224 e. The number of hydrogen-bond acceptors (Lipinski definition) is 4. The number of carbonyl (C=O) groups excluding carboxylic acids is 1. The highest BCUT2D eigenvalue weighted by atomic mass is 16.5. The Kier molecular flexibility index (Phi) is 7.69. The van der Waals surface area contributed by atoms with Crippen molar-refractivity contribution in [2.75, 3.05) is 44.4 Å². The van der Waals surface area contributed by atoms with Crippen LogP contribution >= 0.6 is 0 Å². The van der Waals surface area contributed by atoms with Crippen molar-refractivity contribution in [3.05, 3.63) is 24.3 Å². The van der Waals surface area contributed by atoms with Crippen LogP contribution in [-0.4, -0.2) is 44.2 Å². The molecule has 0 atom stereocenters. The Morgan fingerprint density at radius 2 is 2.00 bits per heavy atom. The number of methoxy groups -OCH3 is 1. The lowest BCUT2D eigenvalue weighted by Crippen LogP contribution is -2.29. The van der Waals surface area contributed by atoms with Gasteiger partial charge in [-0.2, -0.15) is 0 Å². The number of nitrogen functional groups attached to an aromatic ring is 1. The topological polar surface area (TPSA) is 67.6 Å². The molecule has 0 saturated carbocycles. The van der Waals surface area contributed by atoms with Crippen LogP contribution in [0.5, 0.6) is 0 Å². The minimum atomic E-state index is 0.0394. The van der Waals surface area contributed by atoms with E-state index in [9.17, 15) is 4.79 Å². The lowest BCUT2D eigenvalue weighted by molar-refractivity contribution is -0.116. The number of nitrogens with zero attached hydrogens (tertiary/aromatic N) is 1. The van der Waals surface area contributed by atoms with E-state index >= 15 is 0 Å². The summed E-state index contributed by atoms with van der Waals surface area (Å²) >= 11 is 0. The molecule has 0 saturated heterocycles. The van der Waals surface area contributed by atoms with Crippen molar-refractivity contribution >= 4 is 17.3 Å². The second kappa shape index (κ2) is 9.34. The second-order valence-corrected chi connectivity index (χ2v) is 4.70.